The molecule has 0 radical (unpaired) electrons. The van der Waals surface area contributed by atoms with Crippen molar-refractivity contribution < 1.29 is 13.5 Å². The molecule has 0 spiro atoms. The number of sulfonamides is 1. The highest BCUT2D eigenvalue weighted by Gasteiger charge is 2.26. The molecule has 1 fully saturated rings. The Bertz CT molecular complexity index is 899. The lowest BCUT2D eigenvalue weighted by molar-refractivity contribution is 0.136. The van der Waals surface area contributed by atoms with E-state index in [0.29, 0.717) is 25.2 Å². The molecule has 146 valence electrons. The second kappa shape index (κ2) is 8.76. The van der Waals surface area contributed by atoms with Crippen LogP contribution in [0.3, 0.4) is 0 Å². The van der Waals surface area contributed by atoms with Gasteiger partial charge in [0.05, 0.1) is 0 Å². The molecular formula is C19H26N3O3PS. The highest BCUT2D eigenvalue weighted by molar-refractivity contribution is 7.89. The summed E-state index contributed by atoms with van der Waals surface area (Å²) in [5.74, 6) is 0. The molecule has 1 aliphatic heterocycles. The maximum Gasteiger partial charge on any atom is 0.244 e. The monoisotopic (exact) mass is 407 g/mol. The topological polar surface area (TPSA) is 82.5 Å². The van der Waals surface area contributed by atoms with Crippen molar-refractivity contribution in [3.05, 3.63) is 53.3 Å². The van der Waals surface area contributed by atoms with Crippen molar-refractivity contribution in [3.63, 3.8) is 0 Å². The predicted molar refractivity (Wildman–Crippen MR) is 109 cm³/mol. The Morgan fingerprint density at radius 2 is 1.96 bits per heavy atom. The van der Waals surface area contributed by atoms with E-state index in [9.17, 15) is 13.5 Å². The van der Waals surface area contributed by atoms with E-state index >= 15 is 0 Å². The first-order valence-corrected chi connectivity index (χ1v) is 11.1. The molecule has 2 atom stereocenters. The van der Waals surface area contributed by atoms with Crippen molar-refractivity contribution in [1.29, 1.82) is 0 Å². The van der Waals surface area contributed by atoms with Crippen LogP contribution in [0.2, 0.25) is 0 Å². The van der Waals surface area contributed by atoms with Gasteiger partial charge in [0.25, 0.3) is 0 Å². The van der Waals surface area contributed by atoms with E-state index in [2.05, 4.69) is 25.6 Å². The molecule has 2 heterocycles. The molecule has 1 aromatic heterocycles. The molecule has 3 rings (SSSR count). The summed E-state index contributed by atoms with van der Waals surface area (Å²) in [6.07, 6.45) is 4.66. The summed E-state index contributed by atoms with van der Waals surface area (Å²) in [7, 11) is -0.883. The van der Waals surface area contributed by atoms with E-state index in [4.69, 9.17) is 0 Å². The predicted octanol–water partition coefficient (Wildman–Crippen LogP) is 1.85. The highest BCUT2D eigenvalue weighted by atomic mass is 32.2. The first-order chi connectivity index (χ1) is 12.9. The van der Waals surface area contributed by atoms with Gasteiger partial charge in [0.15, 0.2) is 0 Å². The van der Waals surface area contributed by atoms with Gasteiger partial charge in [-0.05, 0) is 42.3 Å². The standard InChI is InChI=1S/C19H26N3O3PS/c1-14-9-15(5-6-18(14)26)11-21-19(23)16-10-17(13-20-12-16)27(24,25)22-7-3-2-4-8-22/h5-6,9-10,12-13,19,21,23H,2-4,7-8,11,26H2,1H3. The molecule has 2 unspecified atom stereocenters. The number of aliphatic hydroxyl groups excluding tert-OH is 1. The van der Waals surface area contributed by atoms with Gasteiger partial charge in [-0.2, -0.15) is 4.31 Å². The number of aliphatic hydroxyl groups is 1. The Hall–Kier alpha value is -1.37. The summed E-state index contributed by atoms with van der Waals surface area (Å²) in [6, 6.07) is 7.56. The summed E-state index contributed by atoms with van der Waals surface area (Å²) >= 11 is 0. The second-order valence-corrected chi connectivity index (χ2v) is 9.45. The van der Waals surface area contributed by atoms with Crippen LogP contribution in [-0.2, 0) is 16.6 Å². The van der Waals surface area contributed by atoms with E-state index in [1.165, 1.54) is 22.8 Å². The van der Waals surface area contributed by atoms with E-state index in [0.717, 1.165) is 35.7 Å². The molecule has 8 heteroatoms. The number of nitrogens with zero attached hydrogens (tertiary/aromatic N) is 2. The highest BCUT2D eigenvalue weighted by Crippen LogP contribution is 2.22. The molecule has 1 saturated heterocycles. The quantitative estimate of drug-likeness (QED) is 0.564. The van der Waals surface area contributed by atoms with Crippen molar-refractivity contribution >= 4 is 24.6 Å². The Morgan fingerprint density at radius 1 is 1.22 bits per heavy atom. The van der Waals surface area contributed by atoms with E-state index in [1.807, 2.05) is 19.1 Å². The van der Waals surface area contributed by atoms with Gasteiger partial charge in [-0.15, -0.1) is 9.24 Å². The van der Waals surface area contributed by atoms with Gasteiger partial charge in [-0.3, -0.25) is 10.3 Å². The normalized spacial score (nSPS) is 17.0. The molecule has 2 N–H and O–H groups in total. The zero-order valence-corrected chi connectivity index (χ0v) is 17.4. The lowest BCUT2D eigenvalue weighted by atomic mass is 10.1. The minimum Gasteiger partial charge on any atom is -0.374 e. The van der Waals surface area contributed by atoms with Crippen LogP contribution in [0.5, 0.6) is 0 Å². The fourth-order valence-corrected chi connectivity index (χ4v) is 4.86. The van der Waals surface area contributed by atoms with E-state index in [1.54, 1.807) is 0 Å². The summed E-state index contributed by atoms with van der Waals surface area (Å²) in [5, 5.41) is 14.6. The molecule has 1 aliphatic rings. The summed E-state index contributed by atoms with van der Waals surface area (Å²) in [4.78, 5) is 4.17. The van der Waals surface area contributed by atoms with Crippen molar-refractivity contribution in [2.24, 2.45) is 0 Å². The molecule has 0 bridgehead atoms. The van der Waals surface area contributed by atoms with Gasteiger partial charge in [0.1, 0.15) is 11.1 Å². The van der Waals surface area contributed by atoms with Crippen LogP contribution in [0.1, 0.15) is 42.2 Å². The van der Waals surface area contributed by atoms with Crippen molar-refractivity contribution in [2.75, 3.05) is 13.1 Å². The molecule has 1 aromatic carbocycles. The summed E-state index contributed by atoms with van der Waals surface area (Å²) in [5.41, 5.74) is 2.64. The maximum absolute atomic E-state index is 12.8. The SMILES string of the molecule is Cc1cc(CNC(O)c2cncc(S(=O)(=O)N3CCCCC3)c2)ccc1P. The number of nitrogens with one attached hydrogen (secondary N) is 1. The Morgan fingerprint density at radius 3 is 2.67 bits per heavy atom. The Kier molecular flexibility index (Phi) is 6.61. The third kappa shape index (κ3) is 4.92. The van der Waals surface area contributed by atoms with Gasteiger partial charge >= 0.3 is 0 Å². The third-order valence-corrected chi connectivity index (χ3v) is 7.35. The minimum atomic E-state index is -3.57. The third-order valence-electron chi connectivity index (χ3n) is 4.84. The average Bonchev–Trinajstić information content (AvgIpc) is 2.69. The van der Waals surface area contributed by atoms with Crippen LogP contribution >= 0.6 is 9.24 Å². The number of aryl methyl sites for hydroxylation is 1. The fourth-order valence-electron chi connectivity index (χ4n) is 3.16. The Balaban J connectivity index is 1.71. The average molecular weight is 407 g/mol. The first kappa shape index (κ1) is 20.4. The number of hydrogen-bond acceptors (Lipinski definition) is 5. The number of hydrogen-bond donors (Lipinski definition) is 2. The fraction of sp³-hybridized carbons (Fsp3) is 0.421. The number of rotatable bonds is 6. The molecule has 0 aliphatic carbocycles. The number of pyridine rings is 1. The van der Waals surface area contributed by atoms with Crippen LogP contribution in [-0.4, -0.2) is 35.9 Å². The summed E-state index contributed by atoms with van der Waals surface area (Å²) < 4.78 is 27.1. The van der Waals surface area contributed by atoms with Crippen LogP contribution < -0.4 is 10.6 Å². The van der Waals surface area contributed by atoms with Gasteiger partial charge in [0, 0.05) is 37.6 Å². The van der Waals surface area contributed by atoms with Crippen molar-refractivity contribution in [2.45, 2.75) is 43.9 Å². The van der Waals surface area contributed by atoms with Gasteiger partial charge in [-0.1, -0.05) is 24.6 Å². The number of benzene rings is 1. The molecule has 27 heavy (non-hydrogen) atoms. The smallest absolute Gasteiger partial charge is 0.244 e. The number of aromatic nitrogens is 1. The lowest BCUT2D eigenvalue weighted by Crippen LogP contribution is -2.35. The van der Waals surface area contributed by atoms with E-state index < -0.39 is 16.3 Å². The lowest BCUT2D eigenvalue weighted by Gasteiger charge is -2.26. The minimum absolute atomic E-state index is 0.131. The summed E-state index contributed by atoms with van der Waals surface area (Å²) in [6.45, 7) is 3.58. The maximum atomic E-state index is 12.8. The van der Waals surface area contributed by atoms with Crippen molar-refractivity contribution in [1.82, 2.24) is 14.6 Å². The molecule has 6 nitrogen and oxygen atoms in total. The van der Waals surface area contributed by atoms with Crippen LogP contribution in [0.25, 0.3) is 0 Å². The van der Waals surface area contributed by atoms with Gasteiger partial charge in [-0.25, -0.2) is 8.42 Å². The zero-order valence-electron chi connectivity index (χ0n) is 15.4. The van der Waals surface area contributed by atoms with Crippen LogP contribution in [0.15, 0.2) is 41.6 Å². The molecular weight excluding hydrogens is 381 g/mol. The van der Waals surface area contributed by atoms with Gasteiger partial charge in [0.2, 0.25) is 10.0 Å². The van der Waals surface area contributed by atoms with Crippen LogP contribution in [0.4, 0.5) is 0 Å². The van der Waals surface area contributed by atoms with Crippen molar-refractivity contribution in [3.8, 4) is 0 Å². The molecule has 0 amide bonds. The molecule has 2 aromatic rings. The van der Waals surface area contributed by atoms with E-state index in [-0.39, 0.29) is 4.90 Å². The zero-order chi connectivity index (χ0) is 19.4. The first-order valence-electron chi connectivity index (χ1n) is 9.09. The van der Waals surface area contributed by atoms with Crippen LogP contribution in [0, 0.1) is 6.92 Å². The molecule has 0 saturated carbocycles. The number of piperidine rings is 1. The van der Waals surface area contributed by atoms with Gasteiger partial charge < -0.3 is 5.11 Å². The Labute approximate surface area is 163 Å². The largest absolute Gasteiger partial charge is 0.374 e. The second-order valence-electron chi connectivity index (χ2n) is 6.89.